The number of likely N-dealkylation sites (N-methyl/N-ethyl adjacent to an activating group) is 2. The number of nitrogens with one attached hydrogen (secondary N) is 7. The molecule has 0 aliphatic rings. The Morgan fingerprint density at radius 1 is 0.754 bits per heavy atom. The van der Waals surface area contributed by atoms with E-state index in [0.29, 0.717) is 44.1 Å². The van der Waals surface area contributed by atoms with Crippen LogP contribution in [0.4, 0.5) is 0 Å². The number of carboxylic acids is 1. The molecule has 4 unspecified atom stereocenters. The maximum Gasteiger partial charge on any atom is 0.321 e. The Morgan fingerprint density at radius 2 is 1.31 bits per heavy atom. The zero-order valence-electron chi connectivity index (χ0n) is 38.7. The van der Waals surface area contributed by atoms with Gasteiger partial charge in [-0.15, -0.1) is 0 Å². The lowest BCUT2D eigenvalue weighted by Gasteiger charge is -2.32. The van der Waals surface area contributed by atoms with Crippen molar-refractivity contribution in [1.82, 2.24) is 36.6 Å². The number of aromatic amines is 2. The third-order valence-electron chi connectivity index (χ3n) is 10.5. The summed E-state index contributed by atoms with van der Waals surface area (Å²) in [5.74, 6) is -0.625. The number of aliphatic carboxylic acids is 1. The molecule has 0 bridgehead atoms. The minimum absolute atomic E-state index is 0.0193. The molecule has 0 saturated carbocycles. The Labute approximate surface area is 386 Å². The standard InChI is InChI=1S/C30H40N4O3.C14H17N3O2.C5H11NO2S/c1-29(2,20-30(3,4)31)16-24(36)18-33-27(14-21-10-6-5-7-11-21)28(37)34-23(19-35)15-22-17-32-26-13-9-8-12-25(22)26;1-15-13(14(19)16-6-7-18)8-10-9-17-12-5-3-2-4-11(10)12;1-6-4(3-9-2)5(7)8/h5-13,17,19,23,27,32-33H,14-16,18,20,31H2,1-4H3,(H,34,37);2-5,7,9,13,15,17H,6,8H2,1H3,(H,16,19);4,6H,3H2,1-2H3,(H,7,8). The quantitative estimate of drug-likeness (QED) is 0.0393. The van der Waals surface area contributed by atoms with Crippen LogP contribution < -0.4 is 32.3 Å². The lowest BCUT2D eigenvalue weighted by atomic mass is 9.77. The average Bonchev–Trinajstić information content (AvgIpc) is 3.88. The number of hydrogen-bond donors (Lipinski definition) is 9. The van der Waals surface area contributed by atoms with E-state index in [-0.39, 0.29) is 47.7 Å². The van der Waals surface area contributed by atoms with Gasteiger partial charge in [-0.3, -0.25) is 24.5 Å². The minimum Gasteiger partial charge on any atom is -0.480 e. The van der Waals surface area contributed by atoms with Crippen LogP contribution in [0.25, 0.3) is 21.8 Å². The van der Waals surface area contributed by atoms with E-state index >= 15 is 0 Å². The second-order valence-corrected chi connectivity index (χ2v) is 18.3. The van der Waals surface area contributed by atoms with Gasteiger partial charge in [0.15, 0.2) is 0 Å². The van der Waals surface area contributed by atoms with Gasteiger partial charge in [-0.1, -0.05) is 80.6 Å². The Hall–Kier alpha value is -5.65. The van der Waals surface area contributed by atoms with Crippen molar-refractivity contribution in [3.63, 3.8) is 0 Å². The van der Waals surface area contributed by atoms with E-state index in [4.69, 9.17) is 10.8 Å². The molecule has 65 heavy (non-hydrogen) atoms. The molecular weight excluding hydrogens is 845 g/mol. The number of rotatable bonds is 24. The predicted octanol–water partition coefficient (Wildman–Crippen LogP) is 4.34. The van der Waals surface area contributed by atoms with Crippen LogP contribution in [-0.2, 0) is 48.0 Å². The maximum absolute atomic E-state index is 13.3. The summed E-state index contributed by atoms with van der Waals surface area (Å²) in [6.07, 6.45) is 9.53. The molecule has 4 atom stereocenters. The molecule has 0 radical (unpaired) electrons. The number of nitrogens with two attached hydrogens (primary N) is 1. The van der Waals surface area contributed by atoms with Crippen LogP contribution in [0, 0.1) is 5.41 Å². The average molecular weight is 913 g/mol. The van der Waals surface area contributed by atoms with Gasteiger partial charge in [-0.05, 0) is 87.7 Å². The number of carboxylic acid groups (broad SMARTS) is 1. The van der Waals surface area contributed by atoms with E-state index in [1.807, 2.05) is 125 Å². The lowest BCUT2D eigenvalue weighted by molar-refractivity contribution is -0.138. The number of carbonyl (C=O) groups excluding carboxylic acids is 5. The molecular formula is C49H68N8O7S. The van der Waals surface area contributed by atoms with Crippen molar-refractivity contribution < 1.29 is 33.9 Å². The Morgan fingerprint density at radius 3 is 1.80 bits per heavy atom. The summed E-state index contributed by atoms with van der Waals surface area (Å²) in [5, 5.41) is 24.8. The molecule has 5 aromatic rings. The Kier molecular flexibility index (Phi) is 22.3. The summed E-state index contributed by atoms with van der Waals surface area (Å²) < 4.78 is 0. The summed E-state index contributed by atoms with van der Waals surface area (Å²) in [6.45, 7) is 8.09. The number of para-hydroxylation sites is 2. The predicted molar refractivity (Wildman–Crippen MR) is 261 cm³/mol. The molecule has 5 rings (SSSR count). The Bertz CT molecular complexity index is 2270. The van der Waals surface area contributed by atoms with E-state index in [2.05, 4.69) is 36.6 Å². The molecule has 2 heterocycles. The fourth-order valence-corrected chi connectivity index (χ4v) is 8.39. The number of H-pyrrole nitrogens is 2. The van der Waals surface area contributed by atoms with Crippen molar-refractivity contribution in [2.24, 2.45) is 11.1 Å². The molecule has 0 spiro atoms. The van der Waals surface area contributed by atoms with Gasteiger partial charge < -0.3 is 51.7 Å². The molecule has 0 aliphatic carbocycles. The van der Waals surface area contributed by atoms with E-state index in [1.54, 1.807) is 14.1 Å². The van der Waals surface area contributed by atoms with Crippen LogP contribution in [0.3, 0.4) is 0 Å². The SMILES string of the molecule is CC(C)(N)CC(C)(C)CC(=O)CNC(Cc1ccccc1)C(=O)NC(C=O)Cc1c[nH]c2ccccc12.CNC(CSC)C(=O)O.CNC(Cc1c[nH]c2ccccc12)C(=O)NCC=O. The molecule has 352 valence electrons. The van der Waals surface area contributed by atoms with Crippen LogP contribution in [0.1, 0.15) is 57.2 Å². The molecule has 0 aliphatic heterocycles. The van der Waals surface area contributed by atoms with Crippen molar-refractivity contribution in [3.8, 4) is 0 Å². The highest BCUT2D eigenvalue weighted by molar-refractivity contribution is 7.98. The van der Waals surface area contributed by atoms with Crippen LogP contribution in [0.15, 0.2) is 91.3 Å². The second kappa shape index (κ2) is 27.0. The number of carbonyl (C=O) groups is 6. The van der Waals surface area contributed by atoms with Crippen LogP contribution in [0.2, 0.25) is 0 Å². The van der Waals surface area contributed by atoms with Gasteiger partial charge in [0.1, 0.15) is 24.4 Å². The van der Waals surface area contributed by atoms with Gasteiger partial charge in [0, 0.05) is 58.3 Å². The van der Waals surface area contributed by atoms with Crippen LogP contribution >= 0.6 is 11.8 Å². The number of aromatic nitrogens is 2. The number of amides is 2. The van der Waals surface area contributed by atoms with Gasteiger partial charge >= 0.3 is 5.97 Å². The van der Waals surface area contributed by atoms with Gasteiger partial charge in [0.25, 0.3) is 0 Å². The smallest absolute Gasteiger partial charge is 0.321 e. The van der Waals surface area contributed by atoms with E-state index in [1.165, 1.54) is 11.8 Å². The third kappa shape index (κ3) is 18.8. The summed E-state index contributed by atoms with van der Waals surface area (Å²) >= 11 is 1.52. The van der Waals surface area contributed by atoms with Gasteiger partial charge in [-0.25, -0.2) is 0 Å². The van der Waals surface area contributed by atoms with Crippen molar-refractivity contribution in [2.75, 3.05) is 39.2 Å². The van der Waals surface area contributed by atoms with Crippen LogP contribution in [0.5, 0.6) is 0 Å². The number of aldehydes is 2. The maximum atomic E-state index is 13.3. The first-order valence-corrected chi connectivity index (χ1v) is 23.0. The zero-order chi connectivity index (χ0) is 48.0. The normalized spacial score (nSPS) is 13.2. The number of ketones is 1. The van der Waals surface area contributed by atoms with E-state index < -0.39 is 24.1 Å². The van der Waals surface area contributed by atoms with E-state index in [0.717, 1.165) is 44.8 Å². The molecule has 15 nitrogen and oxygen atoms in total. The second-order valence-electron chi connectivity index (χ2n) is 17.4. The van der Waals surface area contributed by atoms with Gasteiger partial charge in [0.2, 0.25) is 11.8 Å². The van der Waals surface area contributed by atoms with Crippen molar-refractivity contribution >= 4 is 69.7 Å². The summed E-state index contributed by atoms with van der Waals surface area (Å²) in [6, 6.07) is 23.4. The molecule has 2 aromatic heterocycles. The minimum atomic E-state index is -0.785. The number of Topliss-reactive ketones (excluding diaryl/α,β-unsaturated/α-hetero) is 1. The van der Waals surface area contributed by atoms with Crippen molar-refractivity contribution in [1.29, 1.82) is 0 Å². The van der Waals surface area contributed by atoms with Crippen molar-refractivity contribution in [3.05, 3.63) is 108 Å². The van der Waals surface area contributed by atoms with Crippen LogP contribution in [-0.4, -0.2) is 120 Å². The lowest BCUT2D eigenvalue weighted by Crippen LogP contribution is -2.51. The number of benzene rings is 3. The first-order chi connectivity index (χ1) is 30.9. The summed E-state index contributed by atoms with van der Waals surface area (Å²) in [4.78, 5) is 76.8. The third-order valence-corrected chi connectivity index (χ3v) is 11.1. The molecule has 0 fully saturated rings. The highest BCUT2D eigenvalue weighted by Crippen LogP contribution is 2.30. The van der Waals surface area contributed by atoms with Gasteiger partial charge in [-0.2, -0.15) is 11.8 Å². The molecule has 16 heteroatoms. The van der Waals surface area contributed by atoms with E-state index in [9.17, 15) is 28.8 Å². The Balaban J connectivity index is 0.000000330. The number of fused-ring (bicyclic) bond motifs is 2. The molecule has 3 aromatic carbocycles. The topological polar surface area (TPSA) is 240 Å². The molecule has 0 saturated heterocycles. The fourth-order valence-electron chi connectivity index (χ4n) is 7.75. The first-order valence-electron chi connectivity index (χ1n) is 21.6. The number of thioether (sulfide) groups is 1. The highest BCUT2D eigenvalue weighted by atomic mass is 32.2. The van der Waals surface area contributed by atoms with Gasteiger partial charge in [0.05, 0.1) is 31.2 Å². The summed E-state index contributed by atoms with van der Waals surface area (Å²) in [5.41, 5.74) is 10.6. The highest BCUT2D eigenvalue weighted by Gasteiger charge is 2.29. The monoisotopic (exact) mass is 912 g/mol. The molecule has 10 N–H and O–H groups in total. The summed E-state index contributed by atoms with van der Waals surface area (Å²) in [7, 11) is 3.38. The fraction of sp³-hybridized carbons (Fsp3) is 0.429. The zero-order valence-corrected chi connectivity index (χ0v) is 39.5. The number of hydrogen-bond acceptors (Lipinski definition) is 11. The largest absolute Gasteiger partial charge is 0.480 e. The first kappa shape index (κ1) is 53.7. The molecule has 2 amide bonds. The van der Waals surface area contributed by atoms with Crippen molar-refractivity contribution in [2.45, 2.75) is 89.5 Å².